The van der Waals surface area contributed by atoms with Gasteiger partial charge in [0.25, 0.3) is 0 Å². The number of hydrogen-bond acceptors (Lipinski definition) is 1. The topological polar surface area (TPSA) is 30.9 Å². The molecule has 0 aliphatic heterocycles. The molecular formula is C14H20N2. The monoisotopic (exact) mass is 216 g/mol. The fourth-order valence-corrected chi connectivity index (χ4v) is 2.30. The first kappa shape index (κ1) is 11.2. The van der Waals surface area contributed by atoms with Crippen LogP contribution >= 0.6 is 0 Å². The number of benzene rings is 1. The van der Waals surface area contributed by atoms with Gasteiger partial charge >= 0.3 is 0 Å². The van der Waals surface area contributed by atoms with E-state index >= 15 is 0 Å². The Morgan fingerprint density at radius 2 is 1.88 bits per heavy atom. The quantitative estimate of drug-likeness (QED) is 0.840. The van der Waals surface area contributed by atoms with Crippen molar-refractivity contribution >= 4 is 10.9 Å². The molecule has 0 saturated heterocycles. The average molecular weight is 216 g/mol. The first-order chi connectivity index (χ1) is 7.65. The maximum Gasteiger partial charge on any atom is 0.0515 e. The van der Waals surface area contributed by atoms with Gasteiger partial charge in [0.1, 0.15) is 0 Å². The summed E-state index contributed by atoms with van der Waals surface area (Å²) in [6, 6.07) is 4.43. The Bertz CT molecular complexity index is 509. The van der Waals surface area contributed by atoms with E-state index in [4.69, 9.17) is 5.73 Å². The summed E-state index contributed by atoms with van der Waals surface area (Å²) < 4.78 is 2.35. The predicted molar refractivity (Wildman–Crippen MR) is 69.8 cm³/mol. The van der Waals surface area contributed by atoms with Crippen LogP contribution in [0.25, 0.3) is 10.9 Å². The van der Waals surface area contributed by atoms with Crippen molar-refractivity contribution in [3.8, 4) is 0 Å². The molecule has 1 aromatic heterocycles. The van der Waals surface area contributed by atoms with Gasteiger partial charge in [-0.25, -0.2) is 0 Å². The smallest absolute Gasteiger partial charge is 0.0515 e. The minimum Gasteiger partial charge on any atom is -0.347 e. The summed E-state index contributed by atoms with van der Waals surface area (Å²) in [5.41, 5.74) is 11.1. The lowest BCUT2D eigenvalue weighted by Gasteiger charge is -2.08. The highest BCUT2D eigenvalue weighted by Crippen LogP contribution is 2.26. The first-order valence-corrected chi connectivity index (χ1v) is 5.91. The van der Waals surface area contributed by atoms with E-state index in [1.165, 1.54) is 27.6 Å². The van der Waals surface area contributed by atoms with E-state index in [1.54, 1.807) is 0 Å². The molecule has 0 fully saturated rings. The molecule has 1 heterocycles. The summed E-state index contributed by atoms with van der Waals surface area (Å²) in [5.74, 6) is 0. The second kappa shape index (κ2) is 4.30. The van der Waals surface area contributed by atoms with E-state index in [9.17, 15) is 0 Å². The maximum absolute atomic E-state index is 5.58. The standard InChI is InChI=1S/C14H20N2/c1-10-5-6-13-11(2)9-16(8-4-7-15)14(13)12(10)3/h5-6,9H,4,7-8,15H2,1-3H3. The number of aromatic nitrogens is 1. The van der Waals surface area contributed by atoms with Gasteiger partial charge in [-0.3, -0.25) is 0 Å². The van der Waals surface area contributed by atoms with Crippen molar-refractivity contribution in [2.45, 2.75) is 33.7 Å². The highest BCUT2D eigenvalue weighted by Gasteiger charge is 2.08. The van der Waals surface area contributed by atoms with E-state index in [0.717, 1.165) is 19.5 Å². The third kappa shape index (κ3) is 1.74. The largest absolute Gasteiger partial charge is 0.347 e. The number of nitrogens with two attached hydrogens (primary N) is 1. The second-order valence-electron chi connectivity index (χ2n) is 4.55. The van der Waals surface area contributed by atoms with Gasteiger partial charge in [0.05, 0.1) is 5.52 Å². The summed E-state index contributed by atoms with van der Waals surface area (Å²) in [7, 11) is 0. The van der Waals surface area contributed by atoms with E-state index in [1.807, 2.05) is 0 Å². The molecule has 1 aromatic carbocycles. The molecule has 0 saturated carbocycles. The van der Waals surface area contributed by atoms with Crippen LogP contribution < -0.4 is 5.73 Å². The molecule has 2 aromatic rings. The number of hydrogen-bond donors (Lipinski definition) is 1. The summed E-state index contributed by atoms with van der Waals surface area (Å²) in [5, 5.41) is 1.38. The SMILES string of the molecule is Cc1ccc2c(C)cn(CCCN)c2c1C. The summed E-state index contributed by atoms with van der Waals surface area (Å²) in [6.07, 6.45) is 3.28. The van der Waals surface area contributed by atoms with Crippen molar-refractivity contribution in [3.05, 3.63) is 35.0 Å². The Morgan fingerprint density at radius 1 is 1.12 bits per heavy atom. The Balaban J connectivity index is 2.61. The van der Waals surface area contributed by atoms with Crippen LogP contribution in [0.5, 0.6) is 0 Å². The minimum absolute atomic E-state index is 0.754. The van der Waals surface area contributed by atoms with Crippen LogP contribution in [0.15, 0.2) is 18.3 Å². The van der Waals surface area contributed by atoms with Gasteiger partial charge in [-0.15, -0.1) is 0 Å². The fourth-order valence-electron chi connectivity index (χ4n) is 2.30. The van der Waals surface area contributed by atoms with Crippen LogP contribution in [0.2, 0.25) is 0 Å². The van der Waals surface area contributed by atoms with E-state index in [2.05, 4.69) is 43.7 Å². The third-order valence-corrected chi connectivity index (χ3v) is 3.37. The Labute approximate surface area is 97.1 Å². The summed E-state index contributed by atoms with van der Waals surface area (Å²) in [4.78, 5) is 0. The molecule has 2 nitrogen and oxygen atoms in total. The predicted octanol–water partition coefficient (Wildman–Crippen LogP) is 2.92. The van der Waals surface area contributed by atoms with Crippen LogP contribution in [-0.4, -0.2) is 11.1 Å². The van der Waals surface area contributed by atoms with Crippen LogP contribution in [0.4, 0.5) is 0 Å². The molecule has 0 bridgehead atoms. The first-order valence-electron chi connectivity index (χ1n) is 5.91. The molecular weight excluding hydrogens is 196 g/mol. The minimum atomic E-state index is 0.754. The number of aryl methyl sites for hydroxylation is 4. The lowest BCUT2D eigenvalue weighted by Crippen LogP contribution is -2.05. The molecule has 2 N–H and O–H groups in total. The third-order valence-electron chi connectivity index (χ3n) is 3.37. The highest BCUT2D eigenvalue weighted by molar-refractivity contribution is 5.87. The molecule has 2 heteroatoms. The average Bonchev–Trinajstić information content (AvgIpc) is 2.58. The molecule has 0 atom stereocenters. The van der Waals surface area contributed by atoms with Crippen LogP contribution in [-0.2, 0) is 6.54 Å². The van der Waals surface area contributed by atoms with Crippen molar-refractivity contribution in [2.75, 3.05) is 6.54 Å². The van der Waals surface area contributed by atoms with E-state index in [0.29, 0.717) is 0 Å². The molecule has 86 valence electrons. The zero-order valence-corrected chi connectivity index (χ0v) is 10.4. The van der Waals surface area contributed by atoms with E-state index in [-0.39, 0.29) is 0 Å². The van der Waals surface area contributed by atoms with Crippen LogP contribution in [0, 0.1) is 20.8 Å². The lowest BCUT2D eigenvalue weighted by atomic mass is 10.1. The van der Waals surface area contributed by atoms with Gasteiger partial charge in [0, 0.05) is 18.1 Å². The molecule has 2 rings (SSSR count). The molecule has 0 aliphatic rings. The van der Waals surface area contributed by atoms with E-state index < -0.39 is 0 Å². The molecule has 0 unspecified atom stereocenters. The van der Waals surface area contributed by atoms with Crippen LogP contribution in [0.3, 0.4) is 0 Å². The number of nitrogens with zero attached hydrogens (tertiary/aromatic N) is 1. The Kier molecular flexibility index (Phi) is 3.01. The summed E-state index contributed by atoms with van der Waals surface area (Å²) in [6.45, 7) is 8.32. The van der Waals surface area contributed by atoms with Crippen molar-refractivity contribution in [1.82, 2.24) is 4.57 Å². The zero-order chi connectivity index (χ0) is 11.7. The van der Waals surface area contributed by atoms with Crippen molar-refractivity contribution in [2.24, 2.45) is 5.73 Å². The fraction of sp³-hybridized carbons (Fsp3) is 0.429. The highest BCUT2D eigenvalue weighted by atomic mass is 15.0. The van der Waals surface area contributed by atoms with Crippen molar-refractivity contribution in [1.29, 1.82) is 0 Å². The van der Waals surface area contributed by atoms with Crippen molar-refractivity contribution < 1.29 is 0 Å². The van der Waals surface area contributed by atoms with Gasteiger partial charge in [-0.1, -0.05) is 12.1 Å². The van der Waals surface area contributed by atoms with Gasteiger partial charge in [0.2, 0.25) is 0 Å². The molecule has 16 heavy (non-hydrogen) atoms. The zero-order valence-electron chi connectivity index (χ0n) is 10.4. The van der Waals surface area contributed by atoms with Crippen LogP contribution in [0.1, 0.15) is 23.1 Å². The molecule has 0 amide bonds. The van der Waals surface area contributed by atoms with Gasteiger partial charge in [-0.2, -0.15) is 0 Å². The van der Waals surface area contributed by atoms with Gasteiger partial charge in [-0.05, 0) is 50.4 Å². The molecule has 0 radical (unpaired) electrons. The Morgan fingerprint density at radius 3 is 2.56 bits per heavy atom. The maximum atomic E-state index is 5.58. The normalized spacial score (nSPS) is 11.2. The van der Waals surface area contributed by atoms with Gasteiger partial charge < -0.3 is 10.3 Å². The van der Waals surface area contributed by atoms with Gasteiger partial charge in [0.15, 0.2) is 0 Å². The number of rotatable bonds is 3. The summed E-state index contributed by atoms with van der Waals surface area (Å²) >= 11 is 0. The lowest BCUT2D eigenvalue weighted by molar-refractivity contribution is 0.669. The second-order valence-corrected chi connectivity index (χ2v) is 4.55. The molecule has 0 spiro atoms. The number of fused-ring (bicyclic) bond motifs is 1. The van der Waals surface area contributed by atoms with Crippen molar-refractivity contribution in [3.63, 3.8) is 0 Å². The Hall–Kier alpha value is -1.28. The molecule has 0 aliphatic carbocycles.